The van der Waals surface area contributed by atoms with Gasteiger partial charge in [0, 0.05) is 82.8 Å². The second-order valence-electron chi connectivity index (χ2n) is 17.6. The summed E-state index contributed by atoms with van der Waals surface area (Å²) in [5, 5.41) is 19.7. The molecule has 0 saturated heterocycles. The van der Waals surface area contributed by atoms with Crippen LogP contribution >= 0.6 is 0 Å². The Morgan fingerprint density at radius 2 is 1.52 bits per heavy atom. The van der Waals surface area contributed by atoms with Crippen LogP contribution in [-0.2, 0) is 33.1 Å². The number of benzene rings is 1. The number of nitrogens with zero attached hydrogens (tertiary/aromatic N) is 4. The molecule has 5 heterocycles. The summed E-state index contributed by atoms with van der Waals surface area (Å²) in [6, 6.07) is 9.49. The first-order valence-electron chi connectivity index (χ1n) is 18.8. The second-order valence-corrected chi connectivity index (χ2v) is 17.6. The van der Waals surface area contributed by atoms with Gasteiger partial charge < -0.3 is 10.6 Å². The van der Waals surface area contributed by atoms with Crippen LogP contribution in [0.4, 0.5) is 24.8 Å². The lowest BCUT2D eigenvalue weighted by Crippen LogP contribution is -2.44. The van der Waals surface area contributed by atoms with Gasteiger partial charge in [0.05, 0.1) is 16.4 Å². The highest BCUT2D eigenvalue weighted by Gasteiger charge is 2.55. The first kappa shape index (κ1) is 34.7. The summed E-state index contributed by atoms with van der Waals surface area (Å²) in [5.41, 5.74) is 2.92. The summed E-state index contributed by atoms with van der Waals surface area (Å²) in [6.07, 6.45) is 2.60. The van der Waals surface area contributed by atoms with Crippen LogP contribution in [0.3, 0.4) is 0 Å². The number of aromatic amines is 1. The van der Waals surface area contributed by atoms with Crippen molar-refractivity contribution in [3.05, 3.63) is 111 Å². The smallest absolute Gasteiger partial charge is 0.342 e. The van der Waals surface area contributed by atoms with Crippen molar-refractivity contribution in [2.24, 2.45) is 10.8 Å². The molecule has 4 aromatic rings. The third kappa shape index (κ3) is 5.00. The third-order valence-electron chi connectivity index (χ3n) is 12.6. The highest BCUT2D eigenvalue weighted by Crippen LogP contribution is 2.59. The highest BCUT2D eigenvalue weighted by atomic mass is 19.4. The molecule has 12 heteroatoms. The molecule has 3 N–H and O–H groups in total. The largest absolute Gasteiger partial charge is 0.416 e. The fourth-order valence-electron chi connectivity index (χ4n) is 10.4. The minimum Gasteiger partial charge on any atom is -0.342 e. The molecular formula is C42H44F3N7O2. The Balaban J connectivity index is 1.17. The number of allylic oxidation sites excluding steroid dienone is 4. The van der Waals surface area contributed by atoms with Crippen LogP contribution in [0, 0.1) is 17.8 Å². The molecule has 0 spiro atoms. The van der Waals surface area contributed by atoms with E-state index in [4.69, 9.17) is 5.10 Å². The minimum atomic E-state index is -4.62. The van der Waals surface area contributed by atoms with E-state index >= 15 is 0 Å². The lowest BCUT2D eigenvalue weighted by molar-refractivity contribution is -0.138. The molecule has 3 unspecified atom stereocenters. The van der Waals surface area contributed by atoms with Crippen LogP contribution in [0.2, 0.25) is 0 Å². The van der Waals surface area contributed by atoms with Gasteiger partial charge in [-0.25, -0.2) is 0 Å². The molecule has 9 rings (SSSR count). The molecule has 3 aliphatic carbocycles. The monoisotopic (exact) mass is 735 g/mol. The highest BCUT2D eigenvalue weighted by molar-refractivity contribution is 6.04. The Bertz CT molecular complexity index is 2350. The van der Waals surface area contributed by atoms with Gasteiger partial charge in [0.1, 0.15) is 0 Å². The number of halogens is 3. The van der Waals surface area contributed by atoms with Gasteiger partial charge in [-0.15, -0.1) is 0 Å². The number of ketones is 2. The number of pyridine rings is 1. The van der Waals surface area contributed by atoms with Crippen molar-refractivity contribution in [1.82, 2.24) is 25.0 Å². The third-order valence-corrected chi connectivity index (χ3v) is 12.6. The number of fused-ring (bicyclic) bond motifs is 2. The number of anilines is 2. The number of H-pyrrole nitrogens is 1. The van der Waals surface area contributed by atoms with Gasteiger partial charge in [0.2, 0.25) is 0 Å². The standard InChI is InChI=1S/C42H44F3N7O2/c1-22-31-36(50-49-22)47-28-17-39(4,19-30(54)33(28)41(31,6)25-11-7-8-12-26(25)42(43,44)45)21-52-35(23-13-14-23)34-37(51-52)48-27-16-38(2,3)18-29(53)32(27)40(34,5)24-10-9-15-46-20-24/h7-12,15,20,23H,13-14,16-19,21H2,1-6H3,(H,48,51)(H2,47,49,50). The number of aromatic nitrogens is 5. The van der Waals surface area contributed by atoms with Gasteiger partial charge in [-0.2, -0.15) is 23.4 Å². The Hall–Kier alpha value is -5.00. The van der Waals surface area contributed by atoms with E-state index in [2.05, 4.69) is 58.2 Å². The van der Waals surface area contributed by atoms with Gasteiger partial charge in [0.15, 0.2) is 23.2 Å². The van der Waals surface area contributed by atoms with Gasteiger partial charge in [-0.1, -0.05) is 45.0 Å². The first-order valence-corrected chi connectivity index (χ1v) is 18.8. The van der Waals surface area contributed by atoms with E-state index < -0.39 is 28.0 Å². The van der Waals surface area contributed by atoms with Crippen LogP contribution < -0.4 is 10.6 Å². The summed E-state index contributed by atoms with van der Waals surface area (Å²) in [4.78, 5) is 33.3. The summed E-state index contributed by atoms with van der Waals surface area (Å²) < 4.78 is 45.9. The molecule has 54 heavy (non-hydrogen) atoms. The van der Waals surface area contributed by atoms with Crippen LogP contribution in [0.25, 0.3) is 0 Å². The molecule has 1 aromatic carbocycles. The minimum absolute atomic E-state index is 0.0277. The zero-order chi connectivity index (χ0) is 38.2. The quantitative estimate of drug-likeness (QED) is 0.188. The molecule has 5 aliphatic rings. The van der Waals surface area contributed by atoms with Gasteiger partial charge in [-0.3, -0.25) is 24.4 Å². The lowest BCUT2D eigenvalue weighted by Gasteiger charge is -2.45. The van der Waals surface area contributed by atoms with Crippen molar-refractivity contribution in [3.63, 3.8) is 0 Å². The molecule has 3 atom stereocenters. The van der Waals surface area contributed by atoms with Crippen molar-refractivity contribution < 1.29 is 22.8 Å². The summed E-state index contributed by atoms with van der Waals surface area (Å²) in [5.74, 6) is 1.30. The Morgan fingerprint density at radius 1 is 0.833 bits per heavy atom. The number of rotatable bonds is 5. The maximum absolute atomic E-state index is 14.7. The zero-order valence-electron chi connectivity index (χ0n) is 31.4. The van der Waals surface area contributed by atoms with E-state index in [-0.39, 0.29) is 34.9 Å². The summed E-state index contributed by atoms with van der Waals surface area (Å²) in [6.45, 7) is 12.3. The fraction of sp³-hybridized carbons (Fsp3) is 0.452. The topological polar surface area (TPSA) is 118 Å². The maximum atomic E-state index is 14.7. The fourth-order valence-corrected chi connectivity index (χ4v) is 10.4. The van der Waals surface area contributed by atoms with Crippen molar-refractivity contribution in [2.45, 2.75) is 110 Å². The maximum Gasteiger partial charge on any atom is 0.416 e. The number of carbonyl (C=O) groups excluding carboxylic acids is 2. The molecule has 9 nitrogen and oxygen atoms in total. The Labute approximate surface area is 311 Å². The normalized spacial score (nSPS) is 27.5. The summed E-state index contributed by atoms with van der Waals surface area (Å²) >= 11 is 0. The molecule has 0 bridgehead atoms. The average Bonchev–Trinajstić information content (AvgIpc) is 3.76. The van der Waals surface area contributed by atoms with Gasteiger partial charge in [0.25, 0.3) is 0 Å². The summed E-state index contributed by atoms with van der Waals surface area (Å²) in [7, 11) is 0. The first-order chi connectivity index (χ1) is 25.4. The second kappa shape index (κ2) is 11.3. The number of carbonyl (C=O) groups is 2. The number of hydrogen-bond acceptors (Lipinski definition) is 7. The van der Waals surface area contributed by atoms with E-state index in [1.807, 2.05) is 18.3 Å². The number of aryl methyl sites for hydroxylation is 1. The molecule has 0 amide bonds. The number of alkyl halides is 3. The molecule has 3 aromatic heterocycles. The predicted octanol–water partition coefficient (Wildman–Crippen LogP) is 8.64. The molecule has 1 fully saturated rings. The van der Waals surface area contributed by atoms with Gasteiger partial charge >= 0.3 is 6.18 Å². The average molecular weight is 736 g/mol. The van der Waals surface area contributed by atoms with E-state index in [0.29, 0.717) is 54.2 Å². The van der Waals surface area contributed by atoms with Crippen LogP contribution in [0.5, 0.6) is 0 Å². The molecule has 280 valence electrons. The molecule has 0 radical (unpaired) electrons. The SMILES string of the molecule is Cc1[nH]nc2c1C(C)(c1ccccc1C(F)(F)F)C1=C(CC(C)(Cn3nc4c(c3C3CC3)C(C)(c3cccnc3)C3=C(CC(C)(C)CC3=O)N4)CC1=O)N2. The van der Waals surface area contributed by atoms with E-state index in [0.717, 1.165) is 52.8 Å². The van der Waals surface area contributed by atoms with Crippen LogP contribution in [0.1, 0.15) is 118 Å². The van der Waals surface area contributed by atoms with E-state index in [9.17, 15) is 22.8 Å². The number of hydrogen-bond donors (Lipinski definition) is 3. The van der Waals surface area contributed by atoms with Crippen molar-refractivity contribution in [1.29, 1.82) is 0 Å². The molecular weight excluding hydrogens is 692 g/mol. The van der Waals surface area contributed by atoms with Gasteiger partial charge in [-0.05, 0) is 80.5 Å². The van der Waals surface area contributed by atoms with Crippen LogP contribution in [0.15, 0.2) is 71.3 Å². The molecule has 1 saturated carbocycles. The number of nitrogens with one attached hydrogen (secondary N) is 3. The van der Waals surface area contributed by atoms with Crippen LogP contribution in [-0.4, -0.2) is 36.5 Å². The van der Waals surface area contributed by atoms with Crippen molar-refractivity contribution in [2.75, 3.05) is 10.6 Å². The zero-order valence-corrected chi connectivity index (χ0v) is 31.4. The van der Waals surface area contributed by atoms with Crippen molar-refractivity contribution >= 4 is 23.2 Å². The van der Waals surface area contributed by atoms with E-state index in [1.165, 1.54) is 12.1 Å². The van der Waals surface area contributed by atoms with Crippen molar-refractivity contribution in [3.8, 4) is 0 Å². The Kier molecular flexibility index (Phi) is 7.25. The lowest BCUT2D eigenvalue weighted by atomic mass is 9.60. The Morgan fingerprint density at radius 3 is 2.22 bits per heavy atom. The number of Topliss-reactive ketones (excluding diaryl/α,β-unsaturated/α-hetero) is 2. The van der Waals surface area contributed by atoms with E-state index in [1.54, 1.807) is 26.1 Å². The molecule has 2 aliphatic heterocycles. The predicted molar refractivity (Wildman–Crippen MR) is 198 cm³/mol.